The van der Waals surface area contributed by atoms with Crippen LogP contribution in [0.1, 0.15) is 70.1 Å². The number of benzene rings is 6. The van der Waals surface area contributed by atoms with Gasteiger partial charge in [-0.2, -0.15) is 0 Å². The van der Waals surface area contributed by atoms with E-state index in [2.05, 4.69) is 174 Å². The van der Waals surface area contributed by atoms with E-state index in [0.717, 1.165) is 49.9 Å². The van der Waals surface area contributed by atoms with Crippen molar-refractivity contribution in [3.63, 3.8) is 0 Å². The number of imidazole rings is 1. The average Bonchev–Trinajstić information content (AvgIpc) is 3.86. The van der Waals surface area contributed by atoms with Gasteiger partial charge in [0.2, 0.25) is 5.90 Å². The molecule has 0 amide bonds. The number of rotatable bonds is 7. The van der Waals surface area contributed by atoms with E-state index in [1.54, 1.807) is 0 Å². The summed E-state index contributed by atoms with van der Waals surface area (Å²) in [5.41, 5.74) is 13.9. The third-order valence-electron chi connectivity index (χ3n) is 10.5. The van der Waals surface area contributed by atoms with Gasteiger partial charge < -0.3 is 9.15 Å². The summed E-state index contributed by atoms with van der Waals surface area (Å²) in [6.07, 6.45) is 0. The van der Waals surface area contributed by atoms with Crippen LogP contribution in [0.3, 0.4) is 0 Å². The highest BCUT2D eigenvalue weighted by Gasteiger charge is 2.28. The van der Waals surface area contributed by atoms with Gasteiger partial charge in [0.05, 0.1) is 27.8 Å². The second-order valence-corrected chi connectivity index (χ2v) is 15.5. The van der Waals surface area contributed by atoms with E-state index in [0.29, 0.717) is 12.5 Å². The average molecular weight is 694 g/mol. The molecule has 0 radical (unpaired) electrons. The van der Waals surface area contributed by atoms with Crippen molar-refractivity contribution < 1.29 is 9.15 Å². The van der Waals surface area contributed by atoms with Crippen molar-refractivity contribution in [2.75, 3.05) is 6.61 Å². The van der Waals surface area contributed by atoms with Crippen LogP contribution in [0.4, 0.5) is 0 Å². The second kappa shape index (κ2) is 12.6. The van der Waals surface area contributed by atoms with Crippen LogP contribution < -0.4 is 0 Å². The predicted molar refractivity (Wildman–Crippen MR) is 219 cm³/mol. The first-order valence-corrected chi connectivity index (χ1v) is 18.7. The van der Waals surface area contributed by atoms with Crippen LogP contribution >= 0.6 is 0 Å². The van der Waals surface area contributed by atoms with Crippen LogP contribution in [0.5, 0.6) is 0 Å². The molecule has 0 aliphatic carbocycles. The number of aromatic nitrogens is 2. The van der Waals surface area contributed by atoms with Gasteiger partial charge in [0.15, 0.2) is 0 Å². The summed E-state index contributed by atoms with van der Waals surface area (Å²) >= 11 is 0. The SMILES string of the molecule is CC(C)c1cc(-c2ccc(-c3ccccc3)cc2)cc(C(C)C)c1-n1c(-c2cccc3c2oc2cc(C4=NC(C)(C)CO4)ccc23)nc2ccccc21. The van der Waals surface area contributed by atoms with Crippen LogP contribution in [-0.4, -0.2) is 27.6 Å². The van der Waals surface area contributed by atoms with Gasteiger partial charge in [-0.15, -0.1) is 0 Å². The van der Waals surface area contributed by atoms with Gasteiger partial charge in [-0.1, -0.05) is 107 Å². The van der Waals surface area contributed by atoms with Crippen LogP contribution in [0.15, 0.2) is 137 Å². The lowest BCUT2D eigenvalue weighted by Crippen LogP contribution is -2.17. The first kappa shape index (κ1) is 32.9. The molecule has 0 saturated heterocycles. The Morgan fingerprint density at radius 1 is 0.623 bits per heavy atom. The molecule has 262 valence electrons. The molecule has 9 rings (SSSR count). The van der Waals surface area contributed by atoms with E-state index in [1.807, 2.05) is 0 Å². The van der Waals surface area contributed by atoms with Gasteiger partial charge in [-0.25, -0.2) is 9.98 Å². The fraction of sp³-hybridized carbons (Fsp3) is 0.208. The number of aliphatic imine (C=N–C) groups is 1. The van der Waals surface area contributed by atoms with Crippen LogP contribution in [0.2, 0.25) is 0 Å². The maximum Gasteiger partial charge on any atom is 0.216 e. The fourth-order valence-corrected chi connectivity index (χ4v) is 7.74. The molecule has 53 heavy (non-hydrogen) atoms. The zero-order chi connectivity index (χ0) is 36.4. The number of nitrogens with zero attached hydrogens (tertiary/aromatic N) is 3. The summed E-state index contributed by atoms with van der Waals surface area (Å²) in [6.45, 7) is 13.9. The number of hydrogen-bond acceptors (Lipinski definition) is 4. The summed E-state index contributed by atoms with van der Waals surface area (Å²) in [7, 11) is 0. The number of hydrogen-bond donors (Lipinski definition) is 0. The minimum atomic E-state index is -0.237. The van der Waals surface area contributed by atoms with E-state index in [4.69, 9.17) is 19.1 Å². The smallest absolute Gasteiger partial charge is 0.216 e. The molecular formula is C48H43N3O2. The lowest BCUT2D eigenvalue weighted by Gasteiger charge is -2.24. The Hall–Kier alpha value is -5.94. The summed E-state index contributed by atoms with van der Waals surface area (Å²) < 4.78 is 15.2. The molecule has 0 bridgehead atoms. The van der Waals surface area contributed by atoms with Gasteiger partial charge in [-0.3, -0.25) is 4.57 Å². The Kier molecular flexibility index (Phi) is 7.85. The van der Waals surface area contributed by atoms with Crippen molar-refractivity contribution in [2.45, 2.75) is 58.9 Å². The van der Waals surface area contributed by atoms with Crippen LogP contribution in [0.25, 0.3) is 72.3 Å². The van der Waals surface area contributed by atoms with Crippen molar-refractivity contribution in [1.82, 2.24) is 9.55 Å². The minimum absolute atomic E-state index is 0.237. The summed E-state index contributed by atoms with van der Waals surface area (Å²) in [4.78, 5) is 10.2. The molecule has 0 N–H and O–H groups in total. The highest BCUT2D eigenvalue weighted by Crippen LogP contribution is 2.43. The zero-order valence-electron chi connectivity index (χ0n) is 31.1. The molecule has 1 aliphatic heterocycles. The summed E-state index contributed by atoms with van der Waals surface area (Å²) in [6, 6.07) is 45.4. The number of furan rings is 1. The Morgan fingerprint density at radius 2 is 1.26 bits per heavy atom. The van der Waals surface area contributed by atoms with Gasteiger partial charge in [0, 0.05) is 16.3 Å². The van der Waals surface area contributed by atoms with Gasteiger partial charge in [0.1, 0.15) is 23.6 Å². The molecule has 5 nitrogen and oxygen atoms in total. The zero-order valence-corrected chi connectivity index (χ0v) is 31.1. The first-order valence-electron chi connectivity index (χ1n) is 18.7. The number of para-hydroxylation sites is 3. The third-order valence-corrected chi connectivity index (χ3v) is 10.5. The second-order valence-electron chi connectivity index (χ2n) is 15.5. The standard InChI is InChI=1S/C48H43N3O2/c1-29(2)39-25-35(33-21-19-32(20-22-33)31-13-8-7-9-14-31)26-40(30(3)4)44(39)51-42-18-11-10-17-41(42)49-46(51)38-16-12-15-37-36-24-23-34(27-43(36)53-45(37)38)47-50-48(5,6)28-52-47/h7-27,29-30H,28H2,1-6H3. The highest BCUT2D eigenvalue weighted by molar-refractivity contribution is 6.11. The maximum absolute atomic E-state index is 6.79. The molecule has 5 heteroatoms. The predicted octanol–water partition coefficient (Wildman–Crippen LogP) is 12.7. The van der Waals surface area contributed by atoms with Crippen molar-refractivity contribution in [1.29, 1.82) is 0 Å². The van der Waals surface area contributed by atoms with Crippen molar-refractivity contribution in [3.8, 4) is 39.3 Å². The quantitative estimate of drug-likeness (QED) is 0.167. The molecule has 8 aromatic rings. The Labute approximate surface area is 310 Å². The molecule has 6 aromatic carbocycles. The molecular weight excluding hydrogens is 651 g/mol. The van der Waals surface area contributed by atoms with Crippen LogP contribution in [0, 0.1) is 0 Å². The summed E-state index contributed by atoms with van der Waals surface area (Å²) in [5, 5.41) is 2.11. The largest absolute Gasteiger partial charge is 0.475 e. The fourth-order valence-electron chi connectivity index (χ4n) is 7.74. The topological polar surface area (TPSA) is 52.5 Å². The normalized spacial score (nSPS) is 14.2. The molecule has 0 saturated carbocycles. The molecule has 1 aliphatic rings. The number of fused-ring (bicyclic) bond motifs is 4. The van der Waals surface area contributed by atoms with Gasteiger partial charge in [-0.05, 0) is 108 Å². The monoisotopic (exact) mass is 693 g/mol. The van der Waals surface area contributed by atoms with Crippen molar-refractivity contribution >= 4 is 38.9 Å². The molecule has 0 atom stereocenters. The van der Waals surface area contributed by atoms with E-state index >= 15 is 0 Å². The molecule has 2 aromatic heterocycles. The minimum Gasteiger partial charge on any atom is -0.475 e. The molecule has 0 fully saturated rings. The van der Waals surface area contributed by atoms with E-state index in [9.17, 15) is 0 Å². The summed E-state index contributed by atoms with van der Waals surface area (Å²) in [5.74, 6) is 2.04. The third kappa shape index (κ3) is 5.72. The Morgan fingerprint density at radius 3 is 1.94 bits per heavy atom. The molecule has 0 unspecified atom stereocenters. The van der Waals surface area contributed by atoms with Gasteiger partial charge in [0.25, 0.3) is 0 Å². The van der Waals surface area contributed by atoms with Crippen molar-refractivity contribution in [2.24, 2.45) is 4.99 Å². The van der Waals surface area contributed by atoms with E-state index in [1.165, 1.54) is 39.1 Å². The van der Waals surface area contributed by atoms with E-state index in [-0.39, 0.29) is 17.4 Å². The Balaban J connectivity index is 1.24. The number of ether oxygens (including phenoxy) is 1. The maximum atomic E-state index is 6.79. The lowest BCUT2D eigenvalue weighted by molar-refractivity contribution is 0.279. The van der Waals surface area contributed by atoms with Crippen LogP contribution in [-0.2, 0) is 4.74 Å². The molecule has 3 heterocycles. The molecule has 0 spiro atoms. The highest BCUT2D eigenvalue weighted by atomic mass is 16.5. The van der Waals surface area contributed by atoms with Gasteiger partial charge >= 0.3 is 0 Å². The van der Waals surface area contributed by atoms with Crippen molar-refractivity contribution in [3.05, 3.63) is 144 Å². The van der Waals surface area contributed by atoms with E-state index < -0.39 is 0 Å². The lowest BCUT2D eigenvalue weighted by atomic mass is 9.87. The first-order chi connectivity index (χ1) is 25.6. The Bertz CT molecular complexity index is 2660.